The molecule has 0 saturated heterocycles. The molecule has 2 heterocycles. The van der Waals surface area contributed by atoms with E-state index in [0.717, 1.165) is 11.3 Å². The van der Waals surface area contributed by atoms with Crippen molar-refractivity contribution in [2.24, 2.45) is 0 Å². The van der Waals surface area contributed by atoms with Crippen LogP contribution in [0.4, 0.5) is 0 Å². The van der Waals surface area contributed by atoms with E-state index in [1.165, 1.54) is 7.11 Å². The van der Waals surface area contributed by atoms with Crippen molar-refractivity contribution in [3.8, 4) is 0 Å². The van der Waals surface area contributed by atoms with Crippen LogP contribution in [0.25, 0.3) is 5.65 Å². The lowest BCUT2D eigenvalue weighted by molar-refractivity contribution is 0.0592. The van der Waals surface area contributed by atoms with Crippen molar-refractivity contribution < 1.29 is 9.53 Å². The minimum atomic E-state index is -0.373. The van der Waals surface area contributed by atoms with Gasteiger partial charge >= 0.3 is 5.97 Å². The van der Waals surface area contributed by atoms with Gasteiger partial charge in [0.15, 0.2) is 0 Å². The number of aromatic nitrogens is 2. The fourth-order valence-electron chi connectivity index (χ4n) is 1.47. The van der Waals surface area contributed by atoms with Crippen LogP contribution in [-0.4, -0.2) is 22.5 Å². The smallest absolute Gasteiger partial charge is 0.355 e. The first-order chi connectivity index (χ1) is 7.27. The molecule has 0 spiro atoms. The second-order valence-electron chi connectivity index (χ2n) is 3.00. The maximum absolute atomic E-state index is 11.5. The minimum Gasteiger partial charge on any atom is -0.464 e. The van der Waals surface area contributed by atoms with Crippen molar-refractivity contribution in [2.45, 2.75) is 5.75 Å². The number of esters is 1. The monoisotopic (exact) mass is 222 g/mol. The van der Waals surface area contributed by atoms with Crippen molar-refractivity contribution in [3.05, 3.63) is 35.8 Å². The Morgan fingerprint density at radius 3 is 3.07 bits per heavy atom. The third-order valence-electron chi connectivity index (χ3n) is 2.16. The number of thiol groups is 1. The molecule has 0 aliphatic heterocycles. The Balaban J connectivity index is 2.72. The summed E-state index contributed by atoms with van der Waals surface area (Å²) in [4.78, 5) is 15.7. The molecule has 2 aromatic rings. The lowest BCUT2D eigenvalue weighted by Gasteiger charge is -2.05. The number of imidazole rings is 1. The van der Waals surface area contributed by atoms with Gasteiger partial charge in [-0.2, -0.15) is 12.6 Å². The highest BCUT2D eigenvalue weighted by molar-refractivity contribution is 7.79. The zero-order valence-corrected chi connectivity index (χ0v) is 9.07. The molecule has 2 aromatic heterocycles. The first kappa shape index (κ1) is 10.0. The lowest BCUT2D eigenvalue weighted by atomic mass is 10.3. The van der Waals surface area contributed by atoms with Crippen molar-refractivity contribution in [1.29, 1.82) is 0 Å². The predicted octanol–water partition coefficient (Wildman–Crippen LogP) is 1.55. The van der Waals surface area contributed by atoms with Gasteiger partial charge in [0.2, 0.25) is 0 Å². The fraction of sp³-hybridized carbons (Fsp3) is 0.200. The molecule has 15 heavy (non-hydrogen) atoms. The first-order valence-corrected chi connectivity index (χ1v) is 5.05. The molecule has 0 bridgehead atoms. The highest BCUT2D eigenvalue weighted by atomic mass is 32.1. The molecule has 0 saturated carbocycles. The van der Waals surface area contributed by atoms with Gasteiger partial charge in [-0.05, 0) is 12.1 Å². The topological polar surface area (TPSA) is 43.6 Å². The van der Waals surface area contributed by atoms with Gasteiger partial charge in [-0.25, -0.2) is 9.78 Å². The Morgan fingerprint density at radius 1 is 1.60 bits per heavy atom. The van der Waals surface area contributed by atoms with Crippen LogP contribution in [0.5, 0.6) is 0 Å². The summed E-state index contributed by atoms with van der Waals surface area (Å²) in [6.07, 6.45) is 1.70. The molecule has 2 rings (SSSR count). The number of carbonyl (C=O) groups excluding carboxylic acids is 1. The van der Waals surface area contributed by atoms with Gasteiger partial charge < -0.3 is 4.74 Å². The fourth-order valence-corrected chi connectivity index (χ4v) is 1.70. The van der Waals surface area contributed by atoms with Gasteiger partial charge in [-0.15, -0.1) is 0 Å². The molecule has 0 aliphatic rings. The second-order valence-corrected chi connectivity index (χ2v) is 3.32. The molecular weight excluding hydrogens is 212 g/mol. The van der Waals surface area contributed by atoms with Gasteiger partial charge in [-0.1, -0.05) is 6.07 Å². The summed E-state index contributed by atoms with van der Waals surface area (Å²) < 4.78 is 6.45. The van der Waals surface area contributed by atoms with Crippen molar-refractivity contribution in [2.75, 3.05) is 7.11 Å². The van der Waals surface area contributed by atoms with E-state index in [-0.39, 0.29) is 5.97 Å². The number of methoxy groups -OCH3 is 1. The molecule has 0 radical (unpaired) electrons. The molecule has 0 fully saturated rings. The number of ether oxygens (including phenoxy) is 1. The summed E-state index contributed by atoms with van der Waals surface area (Å²) in [5.74, 6) is 0.150. The summed E-state index contributed by atoms with van der Waals surface area (Å²) in [6.45, 7) is 0. The van der Waals surface area contributed by atoms with E-state index in [2.05, 4.69) is 17.6 Å². The van der Waals surface area contributed by atoms with Gasteiger partial charge in [0.05, 0.1) is 19.0 Å². The minimum absolute atomic E-state index is 0.373. The molecule has 0 aromatic carbocycles. The molecular formula is C10H10N2O2S. The standard InChI is InChI=1S/C10H10N2O2S/c1-14-10(13)8-3-2-4-9-11-5-7(6-15)12(8)9/h2-5,15H,6H2,1H3. The SMILES string of the molecule is COC(=O)c1cccc2ncc(CS)n12. The Kier molecular flexibility index (Phi) is 2.64. The van der Waals surface area contributed by atoms with Crippen LogP contribution in [0.3, 0.4) is 0 Å². The summed E-state index contributed by atoms with van der Waals surface area (Å²) in [5, 5.41) is 0. The Bertz CT molecular complexity index is 507. The van der Waals surface area contributed by atoms with Gasteiger partial charge in [0, 0.05) is 5.75 Å². The van der Waals surface area contributed by atoms with E-state index in [1.54, 1.807) is 22.7 Å². The van der Waals surface area contributed by atoms with Crippen LogP contribution in [0, 0.1) is 0 Å². The molecule has 4 nitrogen and oxygen atoms in total. The number of hydrogen-bond acceptors (Lipinski definition) is 4. The number of fused-ring (bicyclic) bond motifs is 1. The van der Waals surface area contributed by atoms with E-state index >= 15 is 0 Å². The van der Waals surface area contributed by atoms with Crippen molar-refractivity contribution >= 4 is 24.2 Å². The summed E-state index contributed by atoms with van der Waals surface area (Å²) in [7, 11) is 1.36. The lowest BCUT2D eigenvalue weighted by Crippen LogP contribution is -2.09. The number of nitrogens with zero attached hydrogens (tertiary/aromatic N) is 2. The molecule has 0 atom stereocenters. The molecule has 0 amide bonds. The highest BCUT2D eigenvalue weighted by Crippen LogP contribution is 2.13. The average Bonchev–Trinajstić information content (AvgIpc) is 2.70. The van der Waals surface area contributed by atoms with Gasteiger partial charge in [0.25, 0.3) is 0 Å². The van der Waals surface area contributed by atoms with E-state index in [1.807, 2.05) is 6.07 Å². The van der Waals surface area contributed by atoms with Crippen LogP contribution < -0.4 is 0 Å². The largest absolute Gasteiger partial charge is 0.464 e. The van der Waals surface area contributed by atoms with Gasteiger partial charge in [0.1, 0.15) is 11.3 Å². The second kappa shape index (κ2) is 3.94. The number of rotatable bonds is 2. The average molecular weight is 222 g/mol. The zero-order chi connectivity index (χ0) is 10.8. The number of hydrogen-bond donors (Lipinski definition) is 1. The van der Waals surface area contributed by atoms with Crippen LogP contribution in [0.15, 0.2) is 24.4 Å². The number of carbonyl (C=O) groups is 1. The van der Waals surface area contributed by atoms with Crippen LogP contribution in [0.1, 0.15) is 16.2 Å². The quantitative estimate of drug-likeness (QED) is 0.619. The highest BCUT2D eigenvalue weighted by Gasteiger charge is 2.12. The molecule has 0 N–H and O–H groups in total. The molecule has 5 heteroatoms. The van der Waals surface area contributed by atoms with E-state index < -0.39 is 0 Å². The van der Waals surface area contributed by atoms with E-state index in [0.29, 0.717) is 11.4 Å². The molecule has 0 aliphatic carbocycles. The summed E-state index contributed by atoms with van der Waals surface area (Å²) in [6, 6.07) is 5.31. The first-order valence-electron chi connectivity index (χ1n) is 4.42. The maximum Gasteiger partial charge on any atom is 0.355 e. The van der Waals surface area contributed by atoms with Crippen molar-refractivity contribution in [3.63, 3.8) is 0 Å². The Labute approximate surface area is 92.3 Å². The van der Waals surface area contributed by atoms with Crippen molar-refractivity contribution in [1.82, 2.24) is 9.38 Å². The molecule has 0 unspecified atom stereocenters. The Hall–Kier alpha value is -1.49. The summed E-state index contributed by atoms with van der Waals surface area (Å²) in [5.41, 5.74) is 2.06. The van der Waals surface area contributed by atoms with Gasteiger partial charge in [-0.3, -0.25) is 4.40 Å². The van der Waals surface area contributed by atoms with E-state index in [4.69, 9.17) is 4.74 Å². The molecule has 78 valence electrons. The van der Waals surface area contributed by atoms with Crippen LogP contribution in [-0.2, 0) is 10.5 Å². The van der Waals surface area contributed by atoms with Crippen LogP contribution >= 0.6 is 12.6 Å². The summed E-state index contributed by atoms with van der Waals surface area (Å²) >= 11 is 4.18. The Morgan fingerprint density at radius 2 is 2.40 bits per heavy atom. The predicted molar refractivity (Wildman–Crippen MR) is 59.2 cm³/mol. The van der Waals surface area contributed by atoms with E-state index in [9.17, 15) is 4.79 Å². The maximum atomic E-state index is 11.5. The van der Waals surface area contributed by atoms with Crippen LogP contribution in [0.2, 0.25) is 0 Å². The zero-order valence-electron chi connectivity index (χ0n) is 8.17. The number of pyridine rings is 1. The third kappa shape index (κ3) is 1.59. The normalized spacial score (nSPS) is 10.5. The third-order valence-corrected chi connectivity index (χ3v) is 2.48.